The molecule has 0 bridgehead atoms. The molecule has 2 aromatic rings. The van der Waals surface area contributed by atoms with Crippen LogP contribution in [0.1, 0.15) is 43.1 Å². The van der Waals surface area contributed by atoms with Crippen LogP contribution in [0.15, 0.2) is 42.6 Å². The smallest absolute Gasteiger partial charge is 0.274 e. The van der Waals surface area contributed by atoms with E-state index in [4.69, 9.17) is 4.74 Å². The van der Waals surface area contributed by atoms with Crippen LogP contribution in [0.3, 0.4) is 0 Å². The number of aromatic nitrogens is 1. The van der Waals surface area contributed by atoms with Crippen LogP contribution < -0.4 is 15.0 Å². The quantitative estimate of drug-likeness (QED) is 0.890. The number of anilines is 2. The molecule has 3 rings (SSSR count). The van der Waals surface area contributed by atoms with E-state index in [2.05, 4.69) is 22.1 Å². The van der Waals surface area contributed by atoms with E-state index in [0.717, 1.165) is 30.1 Å². The molecule has 1 fully saturated rings. The van der Waals surface area contributed by atoms with Crippen molar-refractivity contribution in [2.45, 2.75) is 38.6 Å². The monoisotopic (exact) mass is 339 g/mol. The fourth-order valence-electron chi connectivity index (χ4n) is 3.36. The highest BCUT2D eigenvalue weighted by Crippen LogP contribution is 2.26. The summed E-state index contributed by atoms with van der Waals surface area (Å²) < 4.78 is 5.13. The molecule has 1 N–H and O–H groups in total. The minimum Gasteiger partial charge on any atom is -0.497 e. The zero-order valence-corrected chi connectivity index (χ0v) is 14.9. The Morgan fingerprint density at radius 3 is 2.80 bits per heavy atom. The van der Waals surface area contributed by atoms with E-state index in [1.807, 2.05) is 36.4 Å². The summed E-state index contributed by atoms with van der Waals surface area (Å²) in [7, 11) is 1.62. The highest BCUT2D eigenvalue weighted by molar-refractivity contribution is 6.03. The number of piperidine rings is 1. The van der Waals surface area contributed by atoms with Gasteiger partial charge in [0, 0.05) is 30.2 Å². The van der Waals surface area contributed by atoms with Gasteiger partial charge < -0.3 is 15.0 Å². The summed E-state index contributed by atoms with van der Waals surface area (Å²) in [5.74, 6) is 0.561. The van der Waals surface area contributed by atoms with Crippen molar-refractivity contribution in [1.82, 2.24) is 4.98 Å². The van der Waals surface area contributed by atoms with Crippen molar-refractivity contribution in [2.75, 3.05) is 23.9 Å². The third-order valence-electron chi connectivity index (χ3n) is 4.75. The second kappa shape index (κ2) is 8.01. The van der Waals surface area contributed by atoms with Crippen molar-refractivity contribution in [3.8, 4) is 5.75 Å². The Hall–Kier alpha value is -2.56. The molecule has 1 saturated heterocycles. The van der Waals surface area contributed by atoms with Crippen LogP contribution in [0.5, 0.6) is 5.75 Å². The number of ether oxygens (including phenoxy) is 1. The average molecular weight is 339 g/mol. The Bertz CT molecular complexity index is 715. The molecule has 1 unspecified atom stereocenters. The first-order valence-corrected chi connectivity index (χ1v) is 8.89. The molecule has 132 valence electrons. The van der Waals surface area contributed by atoms with E-state index >= 15 is 0 Å². The minimum atomic E-state index is -0.197. The van der Waals surface area contributed by atoms with Gasteiger partial charge in [0.25, 0.3) is 5.91 Å². The molecular formula is C20H25N3O2. The molecule has 0 radical (unpaired) electrons. The number of methoxy groups -OCH3 is 1. The molecule has 0 spiro atoms. The van der Waals surface area contributed by atoms with Crippen molar-refractivity contribution in [3.05, 3.63) is 48.3 Å². The fourth-order valence-corrected chi connectivity index (χ4v) is 3.36. The Morgan fingerprint density at radius 2 is 2.08 bits per heavy atom. The Kier molecular flexibility index (Phi) is 5.53. The van der Waals surface area contributed by atoms with Gasteiger partial charge in [0.05, 0.1) is 7.11 Å². The van der Waals surface area contributed by atoms with Crippen LogP contribution in [0.4, 0.5) is 11.4 Å². The second-order valence-electron chi connectivity index (χ2n) is 6.33. The van der Waals surface area contributed by atoms with E-state index in [-0.39, 0.29) is 5.91 Å². The molecule has 1 atom stereocenters. The van der Waals surface area contributed by atoms with Gasteiger partial charge in [-0.3, -0.25) is 9.78 Å². The number of amides is 1. The predicted octanol–water partition coefficient (Wildman–Crippen LogP) is 4.11. The van der Waals surface area contributed by atoms with E-state index < -0.39 is 0 Å². The maximum atomic E-state index is 12.5. The van der Waals surface area contributed by atoms with Gasteiger partial charge in [-0.15, -0.1) is 0 Å². The van der Waals surface area contributed by atoms with Crippen molar-refractivity contribution in [2.24, 2.45) is 0 Å². The highest BCUT2D eigenvalue weighted by Gasteiger charge is 2.22. The molecule has 5 heteroatoms. The molecule has 0 saturated carbocycles. The van der Waals surface area contributed by atoms with Crippen LogP contribution in [0, 0.1) is 0 Å². The molecule has 1 aliphatic heterocycles. The second-order valence-corrected chi connectivity index (χ2v) is 6.33. The van der Waals surface area contributed by atoms with Gasteiger partial charge in [0.1, 0.15) is 11.4 Å². The van der Waals surface area contributed by atoms with Gasteiger partial charge in [-0.1, -0.05) is 6.92 Å². The number of nitrogens with zero attached hydrogens (tertiary/aromatic N) is 2. The van der Waals surface area contributed by atoms with Crippen molar-refractivity contribution < 1.29 is 9.53 Å². The van der Waals surface area contributed by atoms with Crippen molar-refractivity contribution >= 4 is 17.3 Å². The lowest BCUT2D eigenvalue weighted by atomic mass is 9.99. The summed E-state index contributed by atoms with van der Waals surface area (Å²) in [6, 6.07) is 11.7. The molecular weight excluding hydrogens is 314 g/mol. The molecule has 0 aliphatic carbocycles. The molecule has 2 heterocycles. The minimum absolute atomic E-state index is 0.197. The van der Waals surface area contributed by atoms with E-state index in [0.29, 0.717) is 11.7 Å². The van der Waals surface area contributed by atoms with Crippen LogP contribution >= 0.6 is 0 Å². The standard InChI is InChI=1S/C20H25N3O2/c1-3-16-6-4-5-13-23(16)17-11-12-21-19(14-17)20(24)22-15-7-9-18(25-2)10-8-15/h7-12,14,16H,3-6,13H2,1-2H3,(H,22,24). The first-order chi connectivity index (χ1) is 12.2. The zero-order valence-electron chi connectivity index (χ0n) is 14.9. The SMILES string of the molecule is CCC1CCCCN1c1ccnc(C(=O)Nc2ccc(OC)cc2)c1. The summed E-state index contributed by atoms with van der Waals surface area (Å²) >= 11 is 0. The molecule has 1 aromatic carbocycles. The van der Waals surface area contributed by atoms with Crippen LogP contribution in [-0.2, 0) is 0 Å². The van der Waals surface area contributed by atoms with Crippen LogP contribution in [-0.4, -0.2) is 30.6 Å². The number of carbonyl (C=O) groups excluding carboxylic acids is 1. The Morgan fingerprint density at radius 1 is 1.28 bits per heavy atom. The lowest BCUT2D eigenvalue weighted by molar-refractivity contribution is 0.102. The Labute approximate surface area is 149 Å². The molecule has 25 heavy (non-hydrogen) atoms. The zero-order chi connectivity index (χ0) is 17.6. The van der Waals surface area contributed by atoms with E-state index in [1.165, 1.54) is 19.3 Å². The van der Waals surface area contributed by atoms with Crippen molar-refractivity contribution in [1.29, 1.82) is 0 Å². The topological polar surface area (TPSA) is 54.5 Å². The molecule has 1 aliphatic rings. The molecule has 1 aromatic heterocycles. The van der Waals surface area contributed by atoms with Crippen LogP contribution in [0.2, 0.25) is 0 Å². The first-order valence-electron chi connectivity index (χ1n) is 8.89. The highest BCUT2D eigenvalue weighted by atomic mass is 16.5. The number of benzene rings is 1. The third kappa shape index (κ3) is 4.10. The number of hydrogen-bond donors (Lipinski definition) is 1. The average Bonchev–Trinajstić information content (AvgIpc) is 2.68. The van der Waals surface area contributed by atoms with Gasteiger partial charge in [-0.25, -0.2) is 0 Å². The fraction of sp³-hybridized carbons (Fsp3) is 0.400. The maximum absolute atomic E-state index is 12.5. The van der Waals surface area contributed by atoms with Gasteiger partial charge >= 0.3 is 0 Å². The summed E-state index contributed by atoms with van der Waals surface area (Å²) in [4.78, 5) is 19.2. The number of nitrogens with one attached hydrogen (secondary N) is 1. The normalized spacial score (nSPS) is 17.2. The van der Waals surface area contributed by atoms with Gasteiger partial charge in [-0.05, 0) is 62.1 Å². The third-order valence-corrected chi connectivity index (χ3v) is 4.75. The maximum Gasteiger partial charge on any atom is 0.274 e. The largest absolute Gasteiger partial charge is 0.497 e. The lowest BCUT2D eigenvalue weighted by Gasteiger charge is -2.37. The lowest BCUT2D eigenvalue weighted by Crippen LogP contribution is -2.39. The number of pyridine rings is 1. The van der Waals surface area contributed by atoms with Gasteiger partial charge in [0.2, 0.25) is 0 Å². The Balaban J connectivity index is 1.74. The molecule has 5 nitrogen and oxygen atoms in total. The molecule has 1 amide bonds. The first kappa shape index (κ1) is 17.3. The van der Waals surface area contributed by atoms with Gasteiger partial charge in [-0.2, -0.15) is 0 Å². The van der Waals surface area contributed by atoms with E-state index in [1.54, 1.807) is 13.3 Å². The predicted molar refractivity (Wildman–Crippen MR) is 100 cm³/mol. The summed E-state index contributed by atoms with van der Waals surface area (Å²) in [5, 5.41) is 2.89. The number of hydrogen-bond acceptors (Lipinski definition) is 4. The number of carbonyl (C=O) groups is 1. The summed E-state index contributed by atoms with van der Waals surface area (Å²) in [5.41, 5.74) is 2.25. The summed E-state index contributed by atoms with van der Waals surface area (Å²) in [6.07, 6.45) is 6.54. The summed E-state index contributed by atoms with van der Waals surface area (Å²) in [6.45, 7) is 3.27. The van der Waals surface area contributed by atoms with Crippen LogP contribution in [0.25, 0.3) is 0 Å². The van der Waals surface area contributed by atoms with Crippen molar-refractivity contribution in [3.63, 3.8) is 0 Å². The van der Waals surface area contributed by atoms with E-state index in [9.17, 15) is 4.79 Å². The van der Waals surface area contributed by atoms with Gasteiger partial charge in [0.15, 0.2) is 0 Å². The number of rotatable bonds is 5.